The van der Waals surface area contributed by atoms with Crippen molar-refractivity contribution in [1.82, 2.24) is 9.97 Å². The Kier molecular flexibility index (Phi) is 3.55. The van der Waals surface area contributed by atoms with Crippen LogP contribution in [0.15, 0.2) is 72.9 Å². The molecule has 0 saturated carbocycles. The fraction of sp³-hybridized carbons (Fsp3) is 0. The summed E-state index contributed by atoms with van der Waals surface area (Å²) in [5.74, 6) is 2.15. The highest BCUT2D eigenvalue weighted by molar-refractivity contribution is 5.29. The van der Waals surface area contributed by atoms with Gasteiger partial charge in [0.2, 0.25) is 17.6 Å². The second kappa shape index (κ2) is 5.84. The Hall–Kier alpha value is -2.88. The molecule has 0 aliphatic heterocycles. The van der Waals surface area contributed by atoms with Gasteiger partial charge in [-0.1, -0.05) is 30.3 Å². The quantitative estimate of drug-likeness (QED) is 0.712. The maximum absolute atomic E-state index is 5.65. The van der Waals surface area contributed by atoms with Gasteiger partial charge in [0.05, 0.1) is 0 Å². The van der Waals surface area contributed by atoms with Crippen LogP contribution in [0.3, 0.4) is 0 Å². The van der Waals surface area contributed by atoms with Gasteiger partial charge in [0.1, 0.15) is 5.75 Å². The van der Waals surface area contributed by atoms with E-state index in [1.165, 1.54) is 0 Å². The average molecular weight is 264 g/mol. The zero-order chi connectivity index (χ0) is 13.6. The van der Waals surface area contributed by atoms with E-state index in [1.54, 1.807) is 24.4 Å². The third kappa shape index (κ3) is 3.11. The lowest BCUT2D eigenvalue weighted by Gasteiger charge is -2.07. The van der Waals surface area contributed by atoms with Crippen molar-refractivity contribution < 1.29 is 9.47 Å². The lowest BCUT2D eigenvalue weighted by molar-refractivity contribution is 0.417. The molecule has 0 radical (unpaired) electrons. The first-order valence-electron chi connectivity index (χ1n) is 6.19. The third-order valence-corrected chi connectivity index (χ3v) is 2.51. The number of rotatable bonds is 4. The molecule has 0 N–H and O–H groups in total. The van der Waals surface area contributed by atoms with Gasteiger partial charge < -0.3 is 9.47 Å². The van der Waals surface area contributed by atoms with Crippen molar-refractivity contribution in [2.75, 3.05) is 0 Å². The second-order valence-corrected chi connectivity index (χ2v) is 4.00. The number of ether oxygens (including phenoxy) is 2. The summed E-state index contributed by atoms with van der Waals surface area (Å²) in [6, 6.07) is 20.3. The van der Waals surface area contributed by atoms with Crippen LogP contribution in [-0.2, 0) is 0 Å². The molecule has 0 fully saturated rings. The van der Waals surface area contributed by atoms with Gasteiger partial charge in [0.25, 0.3) is 0 Å². The number of benzene rings is 1. The highest BCUT2D eigenvalue weighted by Gasteiger charge is 2.03. The Morgan fingerprint density at radius 3 is 2.05 bits per heavy atom. The van der Waals surface area contributed by atoms with E-state index in [9.17, 15) is 0 Å². The van der Waals surface area contributed by atoms with Gasteiger partial charge in [-0.25, -0.2) is 4.98 Å². The number of pyridine rings is 2. The number of nitrogens with zero attached hydrogens (tertiary/aromatic N) is 2. The molecule has 3 aromatic rings. The molecule has 0 spiro atoms. The SMILES string of the molecule is c1ccc(Oc2cccc(Oc3ccccn3)n2)cc1. The Morgan fingerprint density at radius 1 is 0.600 bits per heavy atom. The smallest absolute Gasteiger partial charge is 0.224 e. The van der Waals surface area contributed by atoms with Gasteiger partial charge in [-0.15, -0.1) is 0 Å². The Morgan fingerprint density at radius 2 is 1.30 bits per heavy atom. The first-order chi connectivity index (χ1) is 9.90. The summed E-state index contributed by atoms with van der Waals surface area (Å²) in [5.41, 5.74) is 0. The molecule has 1 aromatic carbocycles. The van der Waals surface area contributed by atoms with Crippen LogP contribution in [-0.4, -0.2) is 9.97 Å². The second-order valence-electron chi connectivity index (χ2n) is 4.00. The van der Waals surface area contributed by atoms with Gasteiger partial charge in [0, 0.05) is 24.4 Å². The van der Waals surface area contributed by atoms with E-state index in [4.69, 9.17) is 9.47 Å². The van der Waals surface area contributed by atoms with Gasteiger partial charge in [0.15, 0.2) is 0 Å². The maximum atomic E-state index is 5.65. The molecule has 4 nitrogen and oxygen atoms in total. The summed E-state index contributed by atoms with van der Waals surface area (Å²) in [7, 11) is 0. The normalized spacial score (nSPS) is 10.0. The molecule has 0 aliphatic rings. The third-order valence-electron chi connectivity index (χ3n) is 2.51. The minimum absolute atomic E-state index is 0.442. The Bertz CT molecular complexity index is 616. The summed E-state index contributed by atoms with van der Waals surface area (Å²) in [6.07, 6.45) is 1.67. The molecule has 2 heterocycles. The van der Waals surface area contributed by atoms with Crippen molar-refractivity contribution in [2.24, 2.45) is 0 Å². The molecule has 0 saturated heterocycles. The van der Waals surface area contributed by atoms with Crippen LogP contribution in [0.4, 0.5) is 0 Å². The zero-order valence-electron chi connectivity index (χ0n) is 10.6. The molecule has 3 rings (SSSR count). The number of hydrogen-bond donors (Lipinski definition) is 0. The average Bonchev–Trinajstić information content (AvgIpc) is 2.50. The Labute approximate surface area is 116 Å². The molecule has 20 heavy (non-hydrogen) atoms. The summed E-state index contributed by atoms with van der Waals surface area (Å²) < 4.78 is 11.2. The molecule has 0 bridgehead atoms. The molecule has 98 valence electrons. The minimum atomic E-state index is 0.442. The van der Waals surface area contributed by atoms with Crippen LogP contribution in [0, 0.1) is 0 Å². The first-order valence-corrected chi connectivity index (χ1v) is 6.19. The minimum Gasteiger partial charge on any atom is -0.439 e. The molecule has 4 heteroatoms. The number of para-hydroxylation sites is 1. The van der Waals surface area contributed by atoms with Crippen molar-refractivity contribution in [3.8, 4) is 23.4 Å². The van der Waals surface area contributed by atoms with Gasteiger partial charge in [-0.3, -0.25) is 0 Å². The highest BCUT2D eigenvalue weighted by Crippen LogP contribution is 2.23. The van der Waals surface area contributed by atoms with E-state index in [1.807, 2.05) is 48.5 Å². The van der Waals surface area contributed by atoms with Crippen molar-refractivity contribution in [2.45, 2.75) is 0 Å². The van der Waals surface area contributed by atoms with Crippen LogP contribution in [0.1, 0.15) is 0 Å². The van der Waals surface area contributed by atoms with Gasteiger partial charge >= 0.3 is 0 Å². The highest BCUT2D eigenvalue weighted by atomic mass is 16.5. The van der Waals surface area contributed by atoms with E-state index in [2.05, 4.69) is 9.97 Å². The van der Waals surface area contributed by atoms with E-state index >= 15 is 0 Å². The van der Waals surface area contributed by atoms with Crippen LogP contribution < -0.4 is 9.47 Å². The molecule has 2 aromatic heterocycles. The van der Waals surface area contributed by atoms with Crippen molar-refractivity contribution in [3.05, 3.63) is 72.9 Å². The van der Waals surface area contributed by atoms with Crippen LogP contribution >= 0.6 is 0 Å². The van der Waals surface area contributed by atoms with E-state index < -0.39 is 0 Å². The van der Waals surface area contributed by atoms with E-state index in [-0.39, 0.29) is 0 Å². The predicted octanol–water partition coefficient (Wildman–Crippen LogP) is 4.06. The topological polar surface area (TPSA) is 44.2 Å². The molecule has 0 amide bonds. The predicted molar refractivity (Wildman–Crippen MR) is 75.1 cm³/mol. The number of aromatic nitrogens is 2. The molecule has 0 atom stereocenters. The standard InChI is InChI=1S/C16H12N2O2/c1-2-7-13(8-3-1)19-15-10-6-11-16(18-15)20-14-9-4-5-12-17-14/h1-12H. The van der Waals surface area contributed by atoms with Gasteiger partial charge in [-0.05, 0) is 18.2 Å². The van der Waals surface area contributed by atoms with E-state index in [0.29, 0.717) is 17.6 Å². The van der Waals surface area contributed by atoms with Crippen molar-refractivity contribution in [3.63, 3.8) is 0 Å². The molecule has 0 aliphatic carbocycles. The van der Waals surface area contributed by atoms with E-state index in [0.717, 1.165) is 5.75 Å². The van der Waals surface area contributed by atoms with Crippen LogP contribution in [0.2, 0.25) is 0 Å². The fourth-order valence-corrected chi connectivity index (χ4v) is 1.63. The summed E-state index contributed by atoms with van der Waals surface area (Å²) in [6.45, 7) is 0. The fourth-order valence-electron chi connectivity index (χ4n) is 1.63. The molecule has 0 unspecified atom stereocenters. The van der Waals surface area contributed by atoms with Crippen LogP contribution in [0.25, 0.3) is 0 Å². The summed E-state index contributed by atoms with van der Waals surface area (Å²) in [5, 5.41) is 0. The molecular formula is C16H12N2O2. The Balaban J connectivity index is 1.76. The van der Waals surface area contributed by atoms with Crippen molar-refractivity contribution in [1.29, 1.82) is 0 Å². The van der Waals surface area contributed by atoms with Crippen molar-refractivity contribution >= 4 is 0 Å². The summed E-state index contributed by atoms with van der Waals surface area (Å²) in [4.78, 5) is 8.36. The number of hydrogen-bond acceptors (Lipinski definition) is 4. The molecular weight excluding hydrogens is 252 g/mol. The monoisotopic (exact) mass is 264 g/mol. The lowest BCUT2D eigenvalue weighted by atomic mass is 10.3. The largest absolute Gasteiger partial charge is 0.439 e. The zero-order valence-corrected chi connectivity index (χ0v) is 10.6. The first kappa shape index (κ1) is 12.2. The summed E-state index contributed by atoms with van der Waals surface area (Å²) >= 11 is 0. The van der Waals surface area contributed by atoms with Crippen LogP contribution in [0.5, 0.6) is 23.4 Å². The van der Waals surface area contributed by atoms with Gasteiger partial charge in [-0.2, -0.15) is 4.98 Å². The lowest BCUT2D eigenvalue weighted by Crippen LogP contribution is -1.92. The maximum Gasteiger partial charge on any atom is 0.224 e.